The summed E-state index contributed by atoms with van der Waals surface area (Å²) < 4.78 is 7.20. The molecule has 1 fully saturated rings. The molecule has 0 amide bonds. The summed E-state index contributed by atoms with van der Waals surface area (Å²) >= 11 is 0. The van der Waals surface area contributed by atoms with E-state index in [4.69, 9.17) is 4.74 Å². The first-order valence-electron chi connectivity index (χ1n) is 7.26. The van der Waals surface area contributed by atoms with Crippen LogP contribution in [0.1, 0.15) is 31.0 Å². The van der Waals surface area contributed by atoms with Gasteiger partial charge < -0.3 is 9.64 Å². The lowest BCUT2D eigenvalue weighted by Gasteiger charge is -2.21. The van der Waals surface area contributed by atoms with E-state index >= 15 is 0 Å². The van der Waals surface area contributed by atoms with E-state index in [-0.39, 0.29) is 0 Å². The van der Waals surface area contributed by atoms with E-state index < -0.39 is 0 Å². The molecule has 0 aromatic carbocycles. The molecule has 112 valence electrons. The number of aryl methyl sites for hydroxylation is 1. The minimum Gasteiger partial charge on any atom is -0.481 e. The van der Waals surface area contributed by atoms with Crippen LogP contribution in [-0.2, 0) is 0 Å². The molecule has 7 heteroatoms. The van der Waals surface area contributed by atoms with E-state index in [0.29, 0.717) is 11.9 Å². The molecule has 21 heavy (non-hydrogen) atoms. The molecule has 1 aliphatic heterocycles. The number of hydrogen-bond acceptors (Lipinski definition) is 6. The summed E-state index contributed by atoms with van der Waals surface area (Å²) in [6.45, 7) is 3.83. The zero-order valence-corrected chi connectivity index (χ0v) is 12.4. The molecule has 7 nitrogen and oxygen atoms in total. The van der Waals surface area contributed by atoms with Crippen molar-refractivity contribution in [1.82, 2.24) is 25.0 Å². The molecule has 2 aromatic heterocycles. The third kappa shape index (κ3) is 3.12. The van der Waals surface area contributed by atoms with Crippen LogP contribution in [0.3, 0.4) is 0 Å². The third-order valence-electron chi connectivity index (χ3n) is 3.82. The first-order chi connectivity index (χ1) is 10.3. The molecule has 2 aromatic rings. The van der Waals surface area contributed by atoms with Gasteiger partial charge in [0.1, 0.15) is 0 Å². The average Bonchev–Trinajstić information content (AvgIpc) is 2.91. The van der Waals surface area contributed by atoms with Gasteiger partial charge in [-0.15, -0.1) is 5.10 Å². The fourth-order valence-electron chi connectivity index (χ4n) is 2.73. The minimum atomic E-state index is 0.407. The molecule has 0 bridgehead atoms. The Hall–Kier alpha value is -2.18. The third-order valence-corrected chi connectivity index (χ3v) is 3.82. The molecule has 0 radical (unpaired) electrons. The van der Waals surface area contributed by atoms with Gasteiger partial charge in [-0.05, 0) is 26.2 Å². The highest BCUT2D eigenvalue weighted by Crippen LogP contribution is 2.24. The second-order valence-electron chi connectivity index (χ2n) is 5.31. The molecule has 0 aliphatic carbocycles. The fourth-order valence-corrected chi connectivity index (χ4v) is 2.73. The van der Waals surface area contributed by atoms with Gasteiger partial charge in [-0.3, -0.25) is 0 Å². The Labute approximate surface area is 124 Å². The second kappa shape index (κ2) is 6.07. The molecule has 0 spiro atoms. The molecule has 1 unspecified atom stereocenters. The highest BCUT2D eigenvalue weighted by atomic mass is 16.5. The maximum Gasteiger partial charge on any atom is 0.228 e. The topological polar surface area (TPSA) is 69.0 Å². The number of anilines is 1. The highest BCUT2D eigenvalue weighted by Gasteiger charge is 2.21. The van der Waals surface area contributed by atoms with Crippen LogP contribution in [0.5, 0.6) is 5.88 Å². The predicted molar refractivity (Wildman–Crippen MR) is 78.4 cm³/mol. The predicted octanol–water partition coefficient (Wildman–Crippen LogP) is 1.62. The largest absolute Gasteiger partial charge is 0.481 e. The molecule has 1 saturated heterocycles. The lowest BCUT2D eigenvalue weighted by Crippen LogP contribution is -2.26. The van der Waals surface area contributed by atoms with Crippen LogP contribution >= 0.6 is 0 Å². The minimum absolute atomic E-state index is 0.407. The number of ether oxygens (including phenoxy) is 1. The van der Waals surface area contributed by atoms with Gasteiger partial charge >= 0.3 is 0 Å². The van der Waals surface area contributed by atoms with Crippen molar-refractivity contribution in [2.45, 2.75) is 32.2 Å². The van der Waals surface area contributed by atoms with E-state index in [9.17, 15) is 0 Å². The molecular weight excluding hydrogens is 268 g/mol. The lowest BCUT2D eigenvalue weighted by molar-refractivity contribution is 0.395. The Morgan fingerprint density at radius 2 is 2.14 bits per heavy atom. The van der Waals surface area contributed by atoms with Crippen LogP contribution in [0, 0.1) is 6.92 Å². The molecule has 0 saturated carbocycles. The maximum absolute atomic E-state index is 5.24. The fraction of sp³-hybridized carbons (Fsp3) is 0.571. The Morgan fingerprint density at radius 1 is 1.24 bits per heavy atom. The number of rotatable bonds is 3. The monoisotopic (exact) mass is 288 g/mol. The molecule has 1 atom stereocenters. The van der Waals surface area contributed by atoms with Gasteiger partial charge in [-0.2, -0.15) is 4.98 Å². The van der Waals surface area contributed by atoms with Crippen molar-refractivity contribution in [3.63, 3.8) is 0 Å². The van der Waals surface area contributed by atoms with Crippen molar-refractivity contribution < 1.29 is 4.74 Å². The standard InChI is InChI=1S/C14H20N6O/c1-11-10-13(21-2)17-14(16-11)19-7-3-4-12(5-8-19)20-9-6-15-18-20/h6,9-10,12H,3-5,7-8H2,1-2H3. The Kier molecular flexibility index (Phi) is 3.98. The highest BCUT2D eigenvalue weighted by molar-refractivity contribution is 5.34. The Morgan fingerprint density at radius 3 is 2.90 bits per heavy atom. The van der Waals surface area contributed by atoms with Crippen molar-refractivity contribution in [3.05, 3.63) is 24.2 Å². The van der Waals surface area contributed by atoms with Crippen LogP contribution in [0.4, 0.5) is 5.95 Å². The Bertz CT molecular complexity index is 585. The van der Waals surface area contributed by atoms with Crippen LogP contribution in [0.25, 0.3) is 0 Å². The molecule has 3 heterocycles. The van der Waals surface area contributed by atoms with Crippen LogP contribution in [0.2, 0.25) is 0 Å². The number of hydrogen-bond donors (Lipinski definition) is 0. The van der Waals surface area contributed by atoms with Crippen molar-refractivity contribution >= 4 is 5.95 Å². The van der Waals surface area contributed by atoms with Crippen molar-refractivity contribution in [2.75, 3.05) is 25.1 Å². The second-order valence-corrected chi connectivity index (χ2v) is 5.31. The van der Waals surface area contributed by atoms with E-state index in [1.54, 1.807) is 13.3 Å². The van der Waals surface area contributed by atoms with Crippen LogP contribution in [-0.4, -0.2) is 45.2 Å². The van der Waals surface area contributed by atoms with Crippen molar-refractivity contribution in [1.29, 1.82) is 0 Å². The van der Waals surface area contributed by atoms with E-state index in [2.05, 4.69) is 25.2 Å². The van der Waals surface area contributed by atoms with E-state index in [1.165, 1.54) is 0 Å². The summed E-state index contributed by atoms with van der Waals surface area (Å²) in [4.78, 5) is 11.2. The van der Waals surface area contributed by atoms with Crippen LogP contribution < -0.4 is 9.64 Å². The van der Waals surface area contributed by atoms with Crippen LogP contribution in [0.15, 0.2) is 18.5 Å². The first-order valence-corrected chi connectivity index (χ1v) is 7.26. The van der Waals surface area contributed by atoms with Gasteiger partial charge in [0.15, 0.2) is 0 Å². The molecule has 1 aliphatic rings. The zero-order valence-electron chi connectivity index (χ0n) is 12.4. The van der Waals surface area contributed by atoms with Gasteiger partial charge in [0.05, 0.1) is 19.3 Å². The van der Waals surface area contributed by atoms with Crippen molar-refractivity contribution in [2.24, 2.45) is 0 Å². The molecule has 3 rings (SSSR count). The molecule has 0 N–H and O–H groups in total. The van der Waals surface area contributed by atoms with E-state index in [1.807, 2.05) is 23.9 Å². The summed E-state index contributed by atoms with van der Waals surface area (Å²) in [5.41, 5.74) is 0.925. The van der Waals surface area contributed by atoms with E-state index in [0.717, 1.165) is 44.0 Å². The SMILES string of the molecule is COc1cc(C)nc(N2CCCC(n3ccnn3)CC2)n1. The lowest BCUT2D eigenvalue weighted by atomic mass is 10.1. The summed E-state index contributed by atoms with van der Waals surface area (Å²) in [5.74, 6) is 1.38. The number of methoxy groups -OCH3 is 1. The van der Waals surface area contributed by atoms with Gasteiger partial charge in [0.25, 0.3) is 0 Å². The van der Waals surface area contributed by atoms with Gasteiger partial charge in [-0.1, -0.05) is 5.21 Å². The van der Waals surface area contributed by atoms with Gasteiger partial charge in [-0.25, -0.2) is 9.67 Å². The Balaban J connectivity index is 1.74. The first kappa shape index (κ1) is 13.8. The summed E-state index contributed by atoms with van der Waals surface area (Å²) in [6.07, 6.45) is 6.87. The summed E-state index contributed by atoms with van der Waals surface area (Å²) in [5, 5.41) is 8.02. The molecular formula is C14H20N6O. The van der Waals surface area contributed by atoms with Gasteiger partial charge in [0, 0.05) is 31.0 Å². The normalized spacial score (nSPS) is 19.3. The number of aromatic nitrogens is 5. The smallest absolute Gasteiger partial charge is 0.228 e. The average molecular weight is 288 g/mol. The number of nitrogens with zero attached hydrogens (tertiary/aromatic N) is 6. The zero-order chi connectivity index (χ0) is 14.7. The van der Waals surface area contributed by atoms with Gasteiger partial charge in [0.2, 0.25) is 11.8 Å². The summed E-state index contributed by atoms with van der Waals surface area (Å²) in [6, 6.07) is 2.25. The quantitative estimate of drug-likeness (QED) is 0.855. The summed E-state index contributed by atoms with van der Waals surface area (Å²) in [7, 11) is 1.63. The van der Waals surface area contributed by atoms with Crippen molar-refractivity contribution in [3.8, 4) is 5.88 Å². The maximum atomic E-state index is 5.24.